The quantitative estimate of drug-likeness (QED) is 0.612. The highest BCUT2D eigenvalue weighted by Crippen LogP contribution is 2.11. The van der Waals surface area contributed by atoms with Gasteiger partial charge in [0.15, 0.2) is 0 Å². The van der Waals surface area contributed by atoms with Crippen LogP contribution in [0.15, 0.2) is 54.6 Å². The topological polar surface area (TPSA) is 65.6 Å². The fourth-order valence-corrected chi connectivity index (χ4v) is 1.67. The Labute approximate surface area is 105 Å². The van der Waals surface area contributed by atoms with E-state index in [9.17, 15) is 9.59 Å². The lowest BCUT2D eigenvalue weighted by Crippen LogP contribution is -2.15. The van der Waals surface area contributed by atoms with E-state index in [1.165, 1.54) is 0 Å². The molecule has 0 heterocycles. The maximum atomic E-state index is 12.0. The number of hydrogen-bond acceptors (Lipinski definition) is 2. The first-order chi connectivity index (χ1) is 8.20. The molecule has 0 saturated carbocycles. The number of hydrogen-bond donors (Lipinski definition) is 0. The summed E-state index contributed by atoms with van der Waals surface area (Å²) in [4.78, 5) is 24.0. The molecule has 92 valence electrons. The van der Waals surface area contributed by atoms with Crippen LogP contribution in [-0.2, 0) is 0 Å². The van der Waals surface area contributed by atoms with Crippen molar-refractivity contribution in [3.05, 3.63) is 71.3 Å². The van der Waals surface area contributed by atoms with Gasteiger partial charge in [0, 0.05) is 11.1 Å². The largest absolute Gasteiger partial charge is 0.412 e. The van der Waals surface area contributed by atoms with Crippen molar-refractivity contribution in [3.63, 3.8) is 0 Å². The van der Waals surface area contributed by atoms with Crippen molar-refractivity contribution in [1.29, 1.82) is 0 Å². The fourth-order valence-electron chi connectivity index (χ4n) is 1.67. The van der Waals surface area contributed by atoms with Crippen molar-refractivity contribution < 1.29 is 15.1 Å². The number of rotatable bonds is 3. The minimum atomic E-state index is -0.458. The summed E-state index contributed by atoms with van der Waals surface area (Å²) in [6.07, 6.45) is 0. The Morgan fingerprint density at radius 3 is 1.94 bits per heavy atom. The van der Waals surface area contributed by atoms with Crippen LogP contribution in [0.25, 0.3) is 0 Å². The molecule has 3 nitrogen and oxygen atoms in total. The normalized spacial score (nSPS) is 9.39. The van der Waals surface area contributed by atoms with Crippen molar-refractivity contribution >= 4 is 11.6 Å². The van der Waals surface area contributed by atoms with Crippen LogP contribution >= 0.6 is 0 Å². The van der Waals surface area contributed by atoms with Crippen LogP contribution in [0, 0.1) is 6.92 Å². The van der Waals surface area contributed by atoms with Gasteiger partial charge in [0.05, 0.1) is 0 Å². The van der Waals surface area contributed by atoms with E-state index in [1.807, 2.05) is 25.1 Å². The predicted octanol–water partition coefficient (Wildman–Crippen LogP) is 2.24. The molecule has 0 aliphatic rings. The second-order valence-electron chi connectivity index (χ2n) is 3.84. The predicted molar refractivity (Wildman–Crippen MR) is 69.9 cm³/mol. The fraction of sp³-hybridized carbons (Fsp3) is 0.0667. The van der Waals surface area contributed by atoms with Crippen LogP contribution in [-0.4, -0.2) is 17.0 Å². The van der Waals surface area contributed by atoms with E-state index in [0.717, 1.165) is 5.56 Å². The van der Waals surface area contributed by atoms with E-state index in [2.05, 4.69) is 0 Å². The van der Waals surface area contributed by atoms with E-state index in [4.69, 9.17) is 0 Å². The van der Waals surface area contributed by atoms with Gasteiger partial charge in [0.2, 0.25) is 11.6 Å². The van der Waals surface area contributed by atoms with Gasteiger partial charge in [-0.15, -0.1) is 0 Å². The van der Waals surface area contributed by atoms with Crippen molar-refractivity contribution in [2.75, 3.05) is 0 Å². The van der Waals surface area contributed by atoms with Crippen LogP contribution in [0.3, 0.4) is 0 Å². The summed E-state index contributed by atoms with van der Waals surface area (Å²) in [5, 5.41) is 0. The van der Waals surface area contributed by atoms with Gasteiger partial charge < -0.3 is 5.48 Å². The third-order valence-corrected chi connectivity index (χ3v) is 2.63. The molecule has 2 aromatic rings. The van der Waals surface area contributed by atoms with Gasteiger partial charge in [-0.1, -0.05) is 54.6 Å². The van der Waals surface area contributed by atoms with Crippen molar-refractivity contribution in [2.24, 2.45) is 0 Å². The average Bonchev–Trinajstić information content (AvgIpc) is 2.39. The molecule has 0 radical (unpaired) electrons. The lowest BCUT2D eigenvalue weighted by Gasteiger charge is -2.03. The first-order valence-electron chi connectivity index (χ1n) is 5.40. The molecule has 0 aliphatic heterocycles. The lowest BCUT2D eigenvalue weighted by atomic mass is 9.98. The van der Waals surface area contributed by atoms with E-state index in [0.29, 0.717) is 11.1 Å². The van der Waals surface area contributed by atoms with Gasteiger partial charge >= 0.3 is 0 Å². The van der Waals surface area contributed by atoms with Gasteiger partial charge in [-0.25, -0.2) is 0 Å². The van der Waals surface area contributed by atoms with Gasteiger partial charge in [0.1, 0.15) is 0 Å². The van der Waals surface area contributed by atoms with Crippen LogP contribution in [0.4, 0.5) is 0 Å². The molecule has 0 atom stereocenters. The maximum Gasteiger partial charge on any atom is 0.233 e. The monoisotopic (exact) mass is 242 g/mol. The zero-order chi connectivity index (χ0) is 12.3. The van der Waals surface area contributed by atoms with Crippen LogP contribution < -0.4 is 0 Å². The molecule has 0 bridgehead atoms. The highest BCUT2D eigenvalue weighted by Gasteiger charge is 2.18. The van der Waals surface area contributed by atoms with Crippen LogP contribution in [0.5, 0.6) is 0 Å². The molecule has 0 fully saturated rings. The molecule has 2 aromatic carbocycles. The smallest absolute Gasteiger partial charge is 0.233 e. The molecule has 0 spiro atoms. The van der Waals surface area contributed by atoms with Gasteiger partial charge in [-0.3, -0.25) is 9.59 Å². The number of Topliss-reactive ketones (excluding diaryl/α,β-unsaturated/α-hetero) is 2. The lowest BCUT2D eigenvalue weighted by molar-refractivity contribution is 0.0816. The zero-order valence-electron chi connectivity index (χ0n) is 10.0. The van der Waals surface area contributed by atoms with Crippen LogP contribution in [0.2, 0.25) is 0 Å². The first-order valence-corrected chi connectivity index (χ1v) is 5.40. The summed E-state index contributed by atoms with van der Waals surface area (Å²) in [7, 11) is 0. The molecule has 3 heteroatoms. The molecule has 0 unspecified atom stereocenters. The van der Waals surface area contributed by atoms with Crippen molar-refractivity contribution in [3.8, 4) is 0 Å². The van der Waals surface area contributed by atoms with E-state index in [1.54, 1.807) is 36.4 Å². The Kier molecular flexibility index (Phi) is 4.52. The summed E-state index contributed by atoms with van der Waals surface area (Å²) < 4.78 is 0. The molecule has 2 rings (SSSR count). The van der Waals surface area contributed by atoms with E-state index < -0.39 is 11.6 Å². The Morgan fingerprint density at radius 1 is 0.778 bits per heavy atom. The highest BCUT2D eigenvalue weighted by atomic mass is 16.2. The number of ketones is 2. The molecule has 2 N–H and O–H groups in total. The molecule has 0 aromatic heterocycles. The molecular formula is C15H14O3. The van der Waals surface area contributed by atoms with E-state index in [-0.39, 0.29) is 5.48 Å². The molecule has 0 aliphatic carbocycles. The number of aryl methyl sites for hydroxylation is 1. The number of carbonyl (C=O) groups is 2. The van der Waals surface area contributed by atoms with Gasteiger partial charge in [0.25, 0.3) is 0 Å². The van der Waals surface area contributed by atoms with Crippen LogP contribution in [0.1, 0.15) is 26.3 Å². The van der Waals surface area contributed by atoms with E-state index >= 15 is 0 Å². The SMILES string of the molecule is Cc1ccccc1C(=O)C(=O)c1ccccc1.O. The molecular weight excluding hydrogens is 228 g/mol. The Bertz CT molecular complexity index is 559. The number of carbonyl (C=O) groups excluding carboxylic acids is 2. The second-order valence-corrected chi connectivity index (χ2v) is 3.84. The van der Waals surface area contributed by atoms with Crippen molar-refractivity contribution in [1.82, 2.24) is 0 Å². The van der Waals surface area contributed by atoms with Crippen molar-refractivity contribution in [2.45, 2.75) is 6.92 Å². The zero-order valence-corrected chi connectivity index (χ0v) is 10.0. The summed E-state index contributed by atoms with van der Waals surface area (Å²) in [5.74, 6) is -0.908. The summed E-state index contributed by atoms with van der Waals surface area (Å²) >= 11 is 0. The third-order valence-electron chi connectivity index (χ3n) is 2.63. The summed E-state index contributed by atoms with van der Waals surface area (Å²) in [5.41, 5.74) is 1.73. The maximum absolute atomic E-state index is 12.0. The number of benzene rings is 2. The standard InChI is InChI=1S/C15H12O2.H2O/c1-11-7-5-6-10-13(11)15(17)14(16)12-8-3-2-4-9-12;/h2-10H,1H3;1H2. The Balaban J connectivity index is 0.00000162. The Morgan fingerprint density at radius 2 is 1.33 bits per heavy atom. The van der Waals surface area contributed by atoms with Gasteiger partial charge in [-0.05, 0) is 12.5 Å². The summed E-state index contributed by atoms with van der Waals surface area (Å²) in [6, 6.07) is 15.7. The molecule has 0 saturated heterocycles. The minimum Gasteiger partial charge on any atom is -0.412 e. The van der Waals surface area contributed by atoms with Gasteiger partial charge in [-0.2, -0.15) is 0 Å². The second kappa shape index (κ2) is 5.89. The molecule has 0 amide bonds. The highest BCUT2D eigenvalue weighted by molar-refractivity contribution is 6.49. The molecule has 18 heavy (non-hydrogen) atoms. The first kappa shape index (κ1) is 13.8. The summed E-state index contributed by atoms with van der Waals surface area (Å²) in [6.45, 7) is 1.82. The third kappa shape index (κ3) is 2.70. The average molecular weight is 242 g/mol. The Hall–Kier alpha value is -2.26. The minimum absolute atomic E-state index is 0.